The first-order chi connectivity index (χ1) is 13.6. The van der Waals surface area contributed by atoms with Crippen LogP contribution in [0.4, 0.5) is 0 Å². The van der Waals surface area contributed by atoms with Crippen molar-refractivity contribution in [3.05, 3.63) is 29.8 Å². The Hall–Kier alpha value is -2.16. The molecule has 2 aliphatic heterocycles. The Balaban J connectivity index is 1.45. The van der Waals surface area contributed by atoms with Gasteiger partial charge in [0.25, 0.3) is 5.91 Å². The molecule has 2 heterocycles. The molecule has 1 aromatic rings. The van der Waals surface area contributed by atoms with E-state index in [1.165, 1.54) is 0 Å². The van der Waals surface area contributed by atoms with Crippen molar-refractivity contribution in [2.24, 2.45) is 0 Å². The molecule has 28 heavy (non-hydrogen) atoms. The van der Waals surface area contributed by atoms with Crippen LogP contribution in [0.1, 0.15) is 25.3 Å². The molecule has 154 valence electrons. The molecule has 0 aromatic heterocycles. The molecule has 2 amide bonds. The molecule has 2 saturated heterocycles. The third kappa shape index (κ3) is 5.92. The molecule has 1 aromatic carbocycles. The van der Waals surface area contributed by atoms with Crippen LogP contribution in [0.25, 0.3) is 0 Å². The van der Waals surface area contributed by atoms with Gasteiger partial charge in [-0.15, -0.1) is 0 Å². The van der Waals surface area contributed by atoms with Gasteiger partial charge in [-0.25, -0.2) is 0 Å². The quantitative estimate of drug-likeness (QED) is 0.592. The fourth-order valence-electron chi connectivity index (χ4n) is 3.34. The molecule has 8 heteroatoms. The number of benzene rings is 1. The van der Waals surface area contributed by atoms with Gasteiger partial charge in [0, 0.05) is 31.8 Å². The van der Waals surface area contributed by atoms with Gasteiger partial charge < -0.3 is 30.2 Å². The molecule has 2 aliphatic rings. The molecule has 3 N–H and O–H groups in total. The Kier molecular flexibility index (Phi) is 7.64. The van der Waals surface area contributed by atoms with Gasteiger partial charge in [-0.1, -0.05) is 18.2 Å². The highest BCUT2D eigenvalue weighted by molar-refractivity contribution is 5.82. The predicted octanol–water partition coefficient (Wildman–Crippen LogP) is 0.354. The summed E-state index contributed by atoms with van der Waals surface area (Å²) in [6, 6.07) is 7.00. The minimum atomic E-state index is -0.370. The van der Waals surface area contributed by atoms with E-state index >= 15 is 0 Å². The van der Waals surface area contributed by atoms with Gasteiger partial charge in [-0.3, -0.25) is 9.59 Å². The van der Waals surface area contributed by atoms with Gasteiger partial charge in [0.1, 0.15) is 11.8 Å². The van der Waals surface area contributed by atoms with E-state index in [2.05, 4.69) is 16.0 Å². The smallest absolute Gasteiger partial charge is 0.258 e. The zero-order valence-electron chi connectivity index (χ0n) is 16.2. The summed E-state index contributed by atoms with van der Waals surface area (Å²) >= 11 is 0. The van der Waals surface area contributed by atoms with Crippen LogP contribution in [0.3, 0.4) is 0 Å². The van der Waals surface area contributed by atoms with E-state index in [0.717, 1.165) is 25.0 Å². The number of carbonyl (C=O) groups is 2. The van der Waals surface area contributed by atoms with Crippen LogP contribution in [0.5, 0.6) is 5.75 Å². The summed E-state index contributed by atoms with van der Waals surface area (Å²) in [7, 11) is 0. The first-order valence-corrected chi connectivity index (χ1v) is 9.85. The summed E-state index contributed by atoms with van der Waals surface area (Å²) < 4.78 is 16.7. The van der Waals surface area contributed by atoms with E-state index < -0.39 is 0 Å². The van der Waals surface area contributed by atoms with E-state index in [1.54, 1.807) is 6.07 Å². The van der Waals surface area contributed by atoms with Crippen molar-refractivity contribution in [3.8, 4) is 5.75 Å². The zero-order chi connectivity index (χ0) is 19.8. The first kappa shape index (κ1) is 20.6. The number of rotatable bonds is 8. The third-order valence-corrected chi connectivity index (χ3v) is 4.93. The molecule has 0 aliphatic carbocycles. The molecule has 0 saturated carbocycles. The molecular weight excluding hydrogens is 362 g/mol. The largest absolute Gasteiger partial charge is 0.483 e. The second-order valence-corrected chi connectivity index (χ2v) is 7.06. The van der Waals surface area contributed by atoms with Gasteiger partial charge in [0.15, 0.2) is 6.61 Å². The third-order valence-electron chi connectivity index (χ3n) is 4.93. The van der Waals surface area contributed by atoms with Crippen molar-refractivity contribution in [2.45, 2.75) is 44.6 Å². The molecule has 0 bridgehead atoms. The molecule has 3 rings (SSSR count). The number of para-hydroxylation sites is 1. The van der Waals surface area contributed by atoms with Crippen LogP contribution >= 0.6 is 0 Å². The number of hydrogen-bond donors (Lipinski definition) is 3. The second kappa shape index (κ2) is 10.4. The van der Waals surface area contributed by atoms with Crippen LogP contribution in [0.2, 0.25) is 0 Å². The van der Waals surface area contributed by atoms with Crippen molar-refractivity contribution in [3.63, 3.8) is 0 Å². The van der Waals surface area contributed by atoms with E-state index in [4.69, 9.17) is 14.2 Å². The highest BCUT2D eigenvalue weighted by Gasteiger charge is 2.28. The maximum absolute atomic E-state index is 12.4. The number of carbonyl (C=O) groups excluding carboxylic acids is 2. The van der Waals surface area contributed by atoms with Crippen LogP contribution < -0.4 is 20.7 Å². The Morgan fingerprint density at radius 2 is 2.07 bits per heavy atom. The summed E-state index contributed by atoms with van der Waals surface area (Å²) in [5, 5.41) is 8.91. The lowest BCUT2D eigenvalue weighted by Crippen LogP contribution is -2.55. The number of morpholine rings is 1. The Morgan fingerprint density at radius 3 is 2.86 bits per heavy atom. The lowest BCUT2D eigenvalue weighted by atomic mass is 10.1. The van der Waals surface area contributed by atoms with Gasteiger partial charge >= 0.3 is 0 Å². The predicted molar refractivity (Wildman–Crippen MR) is 103 cm³/mol. The lowest BCUT2D eigenvalue weighted by Gasteiger charge is -2.29. The monoisotopic (exact) mass is 391 g/mol. The van der Waals surface area contributed by atoms with Crippen molar-refractivity contribution in [1.82, 2.24) is 16.0 Å². The Labute approximate surface area is 165 Å². The average molecular weight is 391 g/mol. The van der Waals surface area contributed by atoms with Crippen LogP contribution in [0.15, 0.2) is 24.3 Å². The summed E-state index contributed by atoms with van der Waals surface area (Å²) in [5.41, 5.74) is 0.812. The van der Waals surface area contributed by atoms with Gasteiger partial charge in [0.05, 0.1) is 18.8 Å². The summed E-state index contributed by atoms with van der Waals surface area (Å²) in [5.74, 6) is 0.277. The number of nitrogens with one attached hydrogen (secondary N) is 3. The van der Waals surface area contributed by atoms with E-state index in [-0.39, 0.29) is 36.7 Å². The molecule has 3 atom stereocenters. The second-order valence-electron chi connectivity index (χ2n) is 7.06. The van der Waals surface area contributed by atoms with Gasteiger partial charge in [-0.2, -0.15) is 0 Å². The SMILES string of the molecule is C[C@H]1OCCN[C@@H]1C(=O)NCc1ccccc1OCC(=O)NCC1CCCO1. The molecule has 0 spiro atoms. The topological polar surface area (TPSA) is 97.9 Å². The number of hydrogen-bond acceptors (Lipinski definition) is 6. The van der Waals surface area contributed by atoms with Crippen LogP contribution in [-0.2, 0) is 25.6 Å². The highest BCUT2D eigenvalue weighted by Crippen LogP contribution is 2.18. The number of ether oxygens (including phenoxy) is 3. The molecule has 2 fully saturated rings. The van der Waals surface area contributed by atoms with E-state index in [9.17, 15) is 9.59 Å². The van der Waals surface area contributed by atoms with Gasteiger partial charge in [-0.05, 0) is 25.8 Å². The Morgan fingerprint density at radius 1 is 1.21 bits per heavy atom. The maximum Gasteiger partial charge on any atom is 0.258 e. The maximum atomic E-state index is 12.4. The fraction of sp³-hybridized carbons (Fsp3) is 0.600. The van der Waals surface area contributed by atoms with Crippen LogP contribution in [-0.4, -0.2) is 63.0 Å². The van der Waals surface area contributed by atoms with Crippen molar-refractivity contribution >= 4 is 11.8 Å². The minimum absolute atomic E-state index is 0.0767. The first-order valence-electron chi connectivity index (χ1n) is 9.85. The van der Waals surface area contributed by atoms with Crippen molar-refractivity contribution < 1.29 is 23.8 Å². The van der Waals surface area contributed by atoms with Crippen molar-refractivity contribution in [1.29, 1.82) is 0 Å². The summed E-state index contributed by atoms with van der Waals surface area (Å²) in [4.78, 5) is 24.4. The Bertz CT molecular complexity index is 663. The summed E-state index contributed by atoms with van der Waals surface area (Å²) in [6.07, 6.45) is 1.94. The van der Waals surface area contributed by atoms with E-state index in [0.29, 0.717) is 32.0 Å². The zero-order valence-corrected chi connectivity index (χ0v) is 16.2. The molecular formula is C20H29N3O5. The lowest BCUT2D eigenvalue weighted by molar-refractivity contribution is -0.129. The van der Waals surface area contributed by atoms with Gasteiger partial charge in [0.2, 0.25) is 5.91 Å². The fourth-order valence-corrected chi connectivity index (χ4v) is 3.34. The van der Waals surface area contributed by atoms with E-state index in [1.807, 2.05) is 25.1 Å². The average Bonchev–Trinajstić information content (AvgIpc) is 3.23. The standard InChI is InChI=1S/C20H29N3O5/c1-14-19(21-8-10-26-14)20(25)23-11-15-5-2-3-7-17(15)28-13-18(24)22-12-16-6-4-9-27-16/h2-3,5,7,14,16,19,21H,4,6,8-13H2,1H3,(H,22,24)(H,23,25)/t14-,16?,19+/m1/s1. The molecule has 8 nitrogen and oxygen atoms in total. The number of amides is 2. The molecule has 1 unspecified atom stereocenters. The van der Waals surface area contributed by atoms with Crippen LogP contribution in [0, 0.1) is 0 Å². The minimum Gasteiger partial charge on any atom is -0.483 e. The highest BCUT2D eigenvalue weighted by atomic mass is 16.5. The normalized spacial score (nSPS) is 24.5. The molecule has 0 radical (unpaired) electrons. The van der Waals surface area contributed by atoms with Crippen molar-refractivity contribution in [2.75, 3.05) is 32.9 Å². The summed E-state index contributed by atoms with van der Waals surface area (Å²) in [6.45, 7) is 4.65.